The van der Waals surface area contributed by atoms with Gasteiger partial charge in [-0.25, -0.2) is 0 Å². The molecule has 0 spiro atoms. The van der Waals surface area contributed by atoms with E-state index in [4.69, 9.17) is 21.3 Å². The van der Waals surface area contributed by atoms with E-state index in [9.17, 15) is 4.57 Å². The summed E-state index contributed by atoms with van der Waals surface area (Å²) < 4.78 is 25.5. The molecule has 2 rings (SSSR count). The highest BCUT2D eigenvalue weighted by Gasteiger charge is 2.40. The van der Waals surface area contributed by atoms with Gasteiger partial charge in [-0.2, -0.15) is 0 Å². The minimum Gasteiger partial charge on any atom is -0.356 e. The van der Waals surface area contributed by atoms with E-state index in [1.165, 1.54) is 0 Å². The molecule has 0 heterocycles. The molecule has 7 heteroatoms. The van der Waals surface area contributed by atoms with Gasteiger partial charge in [0.2, 0.25) is 0 Å². The number of rotatable bonds is 9. The molecule has 0 saturated carbocycles. The van der Waals surface area contributed by atoms with Crippen molar-refractivity contribution in [3.05, 3.63) is 71.8 Å². The molecule has 0 radical (unpaired) electrons. The summed E-state index contributed by atoms with van der Waals surface area (Å²) in [6.07, 6.45) is -0.533. The van der Waals surface area contributed by atoms with Crippen molar-refractivity contribution in [3.63, 3.8) is 0 Å². The average molecular weight is 435 g/mol. The Balaban J connectivity index is 2.28. The summed E-state index contributed by atoms with van der Waals surface area (Å²) in [5.41, 5.74) is 1.89. The van der Waals surface area contributed by atoms with Gasteiger partial charge in [-0.15, -0.1) is 0 Å². The van der Waals surface area contributed by atoms with Gasteiger partial charge in [-0.05, 0) is 58.0 Å². The lowest BCUT2D eigenvalue weighted by atomic mass is 10.1. The van der Waals surface area contributed by atoms with Crippen molar-refractivity contribution >= 4 is 24.9 Å². The van der Waals surface area contributed by atoms with Crippen LogP contribution in [0.2, 0.25) is 0 Å². The largest absolute Gasteiger partial charge is 0.357 e. The maximum absolute atomic E-state index is 13.8. The molecule has 0 aliphatic carbocycles. The molecule has 0 fully saturated rings. The van der Waals surface area contributed by atoms with Crippen LogP contribution in [-0.2, 0) is 13.6 Å². The van der Waals surface area contributed by atoms with Gasteiger partial charge in [-0.1, -0.05) is 60.7 Å². The lowest BCUT2D eigenvalue weighted by Gasteiger charge is -2.32. The van der Waals surface area contributed by atoms with Gasteiger partial charge in [0.1, 0.15) is 0 Å². The van der Waals surface area contributed by atoms with Gasteiger partial charge >= 0.3 is 7.60 Å². The van der Waals surface area contributed by atoms with Gasteiger partial charge in [0.25, 0.3) is 0 Å². The molecular formula is C22H31N2O3PS. The van der Waals surface area contributed by atoms with E-state index in [-0.39, 0.29) is 18.2 Å². The van der Waals surface area contributed by atoms with E-state index in [2.05, 4.69) is 10.6 Å². The summed E-state index contributed by atoms with van der Waals surface area (Å²) in [5.74, 6) is -0.725. The zero-order valence-corrected chi connectivity index (χ0v) is 19.4. The molecule has 0 aliphatic heterocycles. The predicted octanol–water partition coefficient (Wildman–Crippen LogP) is 5.95. The van der Waals surface area contributed by atoms with E-state index < -0.39 is 13.4 Å². The van der Waals surface area contributed by atoms with Crippen molar-refractivity contribution in [1.29, 1.82) is 0 Å². The van der Waals surface area contributed by atoms with Crippen LogP contribution >= 0.6 is 19.8 Å². The highest BCUT2D eigenvalue weighted by Crippen LogP contribution is 2.61. The van der Waals surface area contributed by atoms with Crippen LogP contribution in [0, 0.1) is 0 Å². The molecule has 0 saturated heterocycles. The van der Waals surface area contributed by atoms with Crippen LogP contribution in [0.5, 0.6) is 0 Å². The third-order valence-corrected chi connectivity index (χ3v) is 6.79. The second kappa shape index (κ2) is 10.9. The first-order chi connectivity index (χ1) is 13.7. The Hall–Kier alpha value is -1.72. The van der Waals surface area contributed by atoms with Crippen LogP contribution in [0.3, 0.4) is 0 Å². The summed E-state index contributed by atoms with van der Waals surface area (Å²) in [6, 6.07) is 19.5. The summed E-state index contributed by atoms with van der Waals surface area (Å²) >= 11 is 5.55. The standard InChI is InChI=1S/C22H31N2O3PS/c1-16(2)26-28(25,27-17(3)4)21(20-14-10-7-11-15-20)24-22(29)23-18(5)19-12-8-6-9-13-19/h6-18,21H,1-5H3,(H2,23,24,29)/t18-,21?/m1/s1. The van der Waals surface area contributed by atoms with Crippen LogP contribution < -0.4 is 10.6 Å². The van der Waals surface area contributed by atoms with Crippen LogP contribution in [0.15, 0.2) is 60.7 Å². The quantitative estimate of drug-likeness (QED) is 0.375. The van der Waals surface area contributed by atoms with E-state index in [1.54, 1.807) is 0 Å². The van der Waals surface area contributed by atoms with Crippen LogP contribution in [0.4, 0.5) is 0 Å². The molecule has 2 atom stereocenters. The fourth-order valence-corrected chi connectivity index (χ4v) is 5.58. The molecule has 2 aromatic rings. The zero-order chi connectivity index (χ0) is 21.4. The Morgan fingerprint density at radius 2 is 1.24 bits per heavy atom. The first-order valence-electron chi connectivity index (χ1n) is 9.84. The highest BCUT2D eigenvalue weighted by molar-refractivity contribution is 7.80. The molecule has 0 aromatic heterocycles. The molecule has 29 heavy (non-hydrogen) atoms. The second-order valence-corrected chi connectivity index (χ2v) is 9.84. The third-order valence-electron chi connectivity index (χ3n) is 4.06. The van der Waals surface area contributed by atoms with Crippen molar-refractivity contribution in [3.8, 4) is 0 Å². The van der Waals surface area contributed by atoms with Crippen LogP contribution in [0.25, 0.3) is 0 Å². The van der Waals surface area contributed by atoms with Gasteiger partial charge in [-0.3, -0.25) is 4.57 Å². The van der Waals surface area contributed by atoms with Crippen molar-refractivity contribution in [1.82, 2.24) is 10.6 Å². The molecular weight excluding hydrogens is 403 g/mol. The SMILES string of the molecule is CC(C)OP(=O)(OC(C)C)C(NC(=S)N[C@H](C)c1ccccc1)c1ccccc1. The molecule has 2 aromatic carbocycles. The Morgan fingerprint density at radius 1 is 0.793 bits per heavy atom. The summed E-state index contributed by atoms with van der Waals surface area (Å²) in [7, 11) is -3.57. The highest BCUT2D eigenvalue weighted by atomic mass is 32.1. The Bertz CT molecular complexity index is 801. The number of benzene rings is 2. The lowest BCUT2D eigenvalue weighted by Crippen LogP contribution is -2.39. The van der Waals surface area contributed by atoms with E-state index in [1.807, 2.05) is 95.3 Å². The fraction of sp³-hybridized carbons (Fsp3) is 0.409. The fourth-order valence-electron chi connectivity index (χ4n) is 2.90. The summed E-state index contributed by atoms with van der Waals surface area (Å²) in [4.78, 5) is 0. The average Bonchev–Trinajstić information content (AvgIpc) is 2.66. The van der Waals surface area contributed by atoms with Crippen molar-refractivity contribution < 1.29 is 13.6 Å². The maximum atomic E-state index is 13.8. The van der Waals surface area contributed by atoms with Crippen molar-refractivity contribution in [2.24, 2.45) is 0 Å². The molecule has 158 valence electrons. The predicted molar refractivity (Wildman–Crippen MR) is 123 cm³/mol. The minimum absolute atomic E-state index is 0.0101. The van der Waals surface area contributed by atoms with Gasteiger partial charge in [0, 0.05) is 0 Å². The first-order valence-corrected chi connectivity index (χ1v) is 11.9. The Kier molecular flexibility index (Phi) is 8.84. The zero-order valence-electron chi connectivity index (χ0n) is 17.7. The monoisotopic (exact) mass is 434 g/mol. The minimum atomic E-state index is -3.57. The number of nitrogens with one attached hydrogen (secondary N) is 2. The van der Waals surface area contributed by atoms with E-state index in [0.29, 0.717) is 5.11 Å². The molecule has 1 unspecified atom stereocenters. The van der Waals surface area contributed by atoms with Gasteiger partial charge < -0.3 is 19.7 Å². The van der Waals surface area contributed by atoms with Crippen LogP contribution in [0.1, 0.15) is 57.6 Å². The van der Waals surface area contributed by atoms with Crippen molar-refractivity contribution in [2.75, 3.05) is 0 Å². The molecule has 0 bridgehead atoms. The van der Waals surface area contributed by atoms with E-state index in [0.717, 1.165) is 11.1 Å². The summed E-state index contributed by atoms with van der Waals surface area (Å²) in [6.45, 7) is 9.38. The number of hydrogen-bond acceptors (Lipinski definition) is 4. The molecule has 5 nitrogen and oxygen atoms in total. The smallest absolute Gasteiger partial charge is 0.356 e. The molecule has 0 amide bonds. The number of hydrogen-bond donors (Lipinski definition) is 2. The number of thiocarbonyl (C=S) groups is 1. The topological polar surface area (TPSA) is 59.6 Å². The third kappa shape index (κ3) is 7.23. The lowest BCUT2D eigenvalue weighted by molar-refractivity contribution is 0.135. The summed E-state index contributed by atoms with van der Waals surface area (Å²) in [5, 5.41) is 6.84. The van der Waals surface area contributed by atoms with Crippen LogP contribution in [-0.4, -0.2) is 17.3 Å². The maximum Gasteiger partial charge on any atom is 0.357 e. The van der Waals surface area contributed by atoms with E-state index >= 15 is 0 Å². The molecule has 0 aliphatic rings. The first kappa shape index (κ1) is 23.6. The molecule has 2 N–H and O–H groups in total. The van der Waals surface area contributed by atoms with Gasteiger partial charge in [0.15, 0.2) is 10.9 Å². The Labute approximate surface area is 179 Å². The second-order valence-electron chi connectivity index (χ2n) is 7.41. The van der Waals surface area contributed by atoms with Crippen molar-refractivity contribution in [2.45, 2.75) is 58.7 Å². The normalized spacial score (nSPS) is 13.9. The van der Waals surface area contributed by atoms with Gasteiger partial charge in [0.05, 0.1) is 18.2 Å². The Morgan fingerprint density at radius 3 is 1.69 bits per heavy atom.